The highest BCUT2D eigenvalue weighted by molar-refractivity contribution is 8.00. The molecule has 3 nitrogen and oxygen atoms in total. The Balaban J connectivity index is 1.70. The van der Waals surface area contributed by atoms with Gasteiger partial charge < -0.3 is 11.1 Å². The van der Waals surface area contributed by atoms with Gasteiger partial charge in [-0.25, -0.2) is 0 Å². The molecule has 2 atom stereocenters. The Morgan fingerprint density at radius 1 is 1.39 bits per heavy atom. The van der Waals surface area contributed by atoms with Gasteiger partial charge in [-0.1, -0.05) is 6.07 Å². The van der Waals surface area contributed by atoms with Crippen LogP contribution in [0.1, 0.15) is 36.4 Å². The number of benzene rings is 1. The van der Waals surface area contributed by atoms with Crippen LogP contribution in [0.15, 0.2) is 18.2 Å². The minimum atomic E-state index is 0.169. The van der Waals surface area contributed by atoms with Gasteiger partial charge in [-0.3, -0.25) is 4.79 Å². The van der Waals surface area contributed by atoms with Crippen molar-refractivity contribution in [2.45, 2.75) is 37.0 Å². The van der Waals surface area contributed by atoms with Crippen LogP contribution in [-0.4, -0.2) is 16.9 Å². The van der Waals surface area contributed by atoms with E-state index >= 15 is 0 Å². The van der Waals surface area contributed by atoms with Gasteiger partial charge in [0.15, 0.2) is 0 Å². The number of fused-ring (bicyclic) bond motifs is 1. The number of rotatable bonds is 2. The lowest BCUT2D eigenvalue weighted by atomic mass is 10.1. The van der Waals surface area contributed by atoms with Gasteiger partial charge in [0.05, 0.1) is 11.3 Å². The maximum atomic E-state index is 12.1. The van der Waals surface area contributed by atoms with Gasteiger partial charge in [0.1, 0.15) is 0 Å². The van der Waals surface area contributed by atoms with Crippen LogP contribution in [-0.2, 0) is 11.2 Å². The average molecular weight is 262 g/mol. The molecule has 96 valence electrons. The zero-order valence-corrected chi connectivity index (χ0v) is 11.1. The fourth-order valence-corrected chi connectivity index (χ4v) is 4.01. The van der Waals surface area contributed by atoms with E-state index in [1.54, 1.807) is 11.8 Å². The lowest BCUT2D eigenvalue weighted by molar-refractivity contribution is -0.121. The molecule has 2 aliphatic rings. The topological polar surface area (TPSA) is 55.1 Å². The second-order valence-electron chi connectivity index (χ2n) is 5.06. The third-order valence-corrected chi connectivity index (χ3v) is 5.16. The molecule has 0 spiro atoms. The summed E-state index contributed by atoms with van der Waals surface area (Å²) in [7, 11) is 0. The van der Waals surface area contributed by atoms with Crippen molar-refractivity contribution >= 4 is 23.4 Å². The summed E-state index contributed by atoms with van der Waals surface area (Å²) >= 11 is 1.79. The summed E-state index contributed by atoms with van der Waals surface area (Å²) < 4.78 is 0. The monoisotopic (exact) mass is 262 g/mol. The quantitative estimate of drug-likeness (QED) is 0.804. The van der Waals surface area contributed by atoms with Crippen LogP contribution in [0.5, 0.6) is 0 Å². The molecule has 3 rings (SSSR count). The zero-order valence-electron chi connectivity index (χ0n) is 10.3. The number of amides is 1. The summed E-state index contributed by atoms with van der Waals surface area (Å²) in [6.07, 6.45) is 4.21. The Labute approximate surface area is 112 Å². The molecular formula is C14H18N2OS. The summed E-state index contributed by atoms with van der Waals surface area (Å²) in [5.74, 6) is 1.34. The van der Waals surface area contributed by atoms with Gasteiger partial charge in [0, 0.05) is 5.69 Å². The lowest BCUT2D eigenvalue weighted by Gasteiger charge is -2.17. The van der Waals surface area contributed by atoms with Gasteiger partial charge in [0.2, 0.25) is 5.91 Å². The predicted octanol–water partition coefficient (Wildman–Crippen LogP) is 2.27. The largest absolute Gasteiger partial charge is 0.399 e. The first kappa shape index (κ1) is 11.9. The number of nitrogen functional groups attached to an aromatic ring is 1. The van der Waals surface area contributed by atoms with Gasteiger partial charge in [-0.2, -0.15) is 0 Å². The molecule has 4 heteroatoms. The summed E-state index contributed by atoms with van der Waals surface area (Å²) in [6, 6.07) is 6.21. The van der Waals surface area contributed by atoms with Gasteiger partial charge in [-0.15, -0.1) is 11.8 Å². The highest BCUT2D eigenvalue weighted by Gasteiger charge is 2.28. The van der Waals surface area contributed by atoms with E-state index < -0.39 is 0 Å². The summed E-state index contributed by atoms with van der Waals surface area (Å²) in [5, 5.41) is 3.37. The van der Waals surface area contributed by atoms with Crippen LogP contribution in [0.3, 0.4) is 0 Å². The molecule has 0 saturated carbocycles. The van der Waals surface area contributed by atoms with E-state index in [2.05, 4.69) is 11.4 Å². The number of carbonyl (C=O) groups is 1. The molecule has 1 heterocycles. The molecule has 3 N–H and O–H groups in total. The van der Waals surface area contributed by atoms with E-state index in [4.69, 9.17) is 5.73 Å². The van der Waals surface area contributed by atoms with Crippen LogP contribution in [0.4, 0.5) is 5.69 Å². The fourth-order valence-electron chi connectivity index (χ4n) is 2.84. The molecular weight excluding hydrogens is 244 g/mol. The predicted molar refractivity (Wildman–Crippen MR) is 75.5 cm³/mol. The standard InChI is InChI=1S/C14H18N2OS/c15-10-4-5-11-9(8-10)3-6-12(11)16-14(17)13-2-1-7-18-13/h4-5,8,12-13H,1-3,6-7,15H2,(H,16,17). The molecule has 2 unspecified atom stereocenters. The Kier molecular flexibility index (Phi) is 3.20. The molecule has 1 amide bonds. The number of carbonyl (C=O) groups excluding carboxylic acids is 1. The number of hydrogen-bond acceptors (Lipinski definition) is 3. The van der Waals surface area contributed by atoms with Crippen LogP contribution < -0.4 is 11.1 Å². The SMILES string of the molecule is Nc1ccc2c(c1)CCC2NC(=O)C1CCCS1. The van der Waals surface area contributed by atoms with E-state index in [1.807, 2.05) is 12.1 Å². The number of anilines is 1. The third-order valence-electron chi connectivity index (χ3n) is 3.78. The maximum Gasteiger partial charge on any atom is 0.233 e. The fraction of sp³-hybridized carbons (Fsp3) is 0.500. The average Bonchev–Trinajstić information content (AvgIpc) is 2.98. The third kappa shape index (κ3) is 2.21. The minimum absolute atomic E-state index is 0.169. The number of aryl methyl sites for hydroxylation is 1. The summed E-state index contributed by atoms with van der Waals surface area (Å²) in [6.45, 7) is 0. The highest BCUT2D eigenvalue weighted by atomic mass is 32.2. The van der Waals surface area contributed by atoms with E-state index in [1.165, 1.54) is 17.5 Å². The van der Waals surface area contributed by atoms with E-state index in [-0.39, 0.29) is 17.2 Å². The lowest BCUT2D eigenvalue weighted by Crippen LogP contribution is -2.33. The Morgan fingerprint density at radius 2 is 2.28 bits per heavy atom. The van der Waals surface area contributed by atoms with E-state index in [9.17, 15) is 4.79 Å². The molecule has 0 bridgehead atoms. The summed E-state index contributed by atoms with van der Waals surface area (Å²) in [4.78, 5) is 12.1. The Hall–Kier alpha value is -1.16. The number of thioether (sulfide) groups is 1. The van der Waals surface area contributed by atoms with Crippen molar-refractivity contribution in [2.24, 2.45) is 0 Å². The maximum absolute atomic E-state index is 12.1. The Morgan fingerprint density at radius 3 is 3.06 bits per heavy atom. The van der Waals surface area contributed by atoms with Crippen molar-refractivity contribution < 1.29 is 4.79 Å². The summed E-state index contributed by atoms with van der Waals surface area (Å²) in [5.41, 5.74) is 9.14. The molecule has 1 aliphatic heterocycles. The molecule has 1 fully saturated rings. The van der Waals surface area contributed by atoms with Crippen molar-refractivity contribution in [2.75, 3.05) is 11.5 Å². The second kappa shape index (κ2) is 4.84. The zero-order chi connectivity index (χ0) is 12.5. The smallest absolute Gasteiger partial charge is 0.233 e. The van der Waals surface area contributed by atoms with Crippen molar-refractivity contribution in [1.29, 1.82) is 0 Å². The van der Waals surface area contributed by atoms with E-state index in [0.29, 0.717) is 0 Å². The van der Waals surface area contributed by atoms with Crippen LogP contribution >= 0.6 is 11.8 Å². The van der Waals surface area contributed by atoms with Crippen LogP contribution in [0.25, 0.3) is 0 Å². The first-order chi connectivity index (χ1) is 8.74. The number of nitrogens with two attached hydrogens (primary N) is 1. The van der Waals surface area contributed by atoms with Crippen molar-refractivity contribution in [3.63, 3.8) is 0 Å². The van der Waals surface area contributed by atoms with Gasteiger partial charge in [0.25, 0.3) is 0 Å². The van der Waals surface area contributed by atoms with Crippen molar-refractivity contribution in [3.8, 4) is 0 Å². The molecule has 1 aromatic rings. The van der Waals surface area contributed by atoms with Gasteiger partial charge >= 0.3 is 0 Å². The normalized spacial score (nSPS) is 26.0. The van der Waals surface area contributed by atoms with E-state index in [0.717, 1.165) is 30.7 Å². The highest BCUT2D eigenvalue weighted by Crippen LogP contribution is 2.33. The van der Waals surface area contributed by atoms with Gasteiger partial charge in [-0.05, 0) is 54.7 Å². The molecule has 1 aromatic carbocycles. The van der Waals surface area contributed by atoms with Crippen LogP contribution in [0.2, 0.25) is 0 Å². The van der Waals surface area contributed by atoms with Crippen molar-refractivity contribution in [1.82, 2.24) is 5.32 Å². The molecule has 1 aliphatic carbocycles. The molecule has 1 saturated heterocycles. The molecule has 0 aromatic heterocycles. The minimum Gasteiger partial charge on any atom is -0.399 e. The van der Waals surface area contributed by atoms with Crippen molar-refractivity contribution in [3.05, 3.63) is 29.3 Å². The Bertz CT molecular complexity index is 469. The number of hydrogen-bond donors (Lipinski definition) is 2. The first-order valence-electron chi connectivity index (χ1n) is 6.54. The molecule has 18 heavy (non-hydrogen) atoms. The van der Waals surface area contributed by atoms with Crippen LogP contribution in [0, 0.1) is 0 Å². The molecule has 0 radical (unpaired) electrons. The number of nitrogens with one attached hydrogen (secondary N) is 1. The second-order valence-corrected chi connectivity index (χ2v) is 6.37. The first-order valence-corrected chi connectivity index (χ1v) is 7.59.